The molecule has 0 aromatic heterocycles. The van der Waals surface area contributed by atoms with Crippen molar-refractivity contribution in [3.63, 3.8) is 0 Å². The summed E-state index contributed by atoms with van der Waals surface area (Å²) in [5.74, 6) is 0.480. The van der Waals surface area contributed by atoms with Crippen molar-refractivity contribution in [2.24, 2.45) is 0 Å². The van der Waals surface area contributed by atoms with Crippen LogP contribution in [0.4, 0.5) is 0 Å². The van der Waals surface area contributed by atoms with E-state index in [4.69, 9.17) is 4.43 Å². The van der Waals surface area contributed by atoms with E-state index in [1.54, 1.807) is 0 Å². The van der Waals surface area contributed by atoms with Gasteiger partial charge in [-0.25, -0.2) is 0 Å². The van der Waals surface area contributed by atoms with Crippen molar-refractivity contribution < 1.29 is 9.22 Å². The van der Waals surface area contributed by atoms with E-state index in [1.165, 1.54) is 113 Å². The van der Waals surface area contributed by atoms with Crippen LogP contribution in [-0.2, 0) is 9.22 Å². The highest BCUT2D eigenvalue weighted by atomic mass is 28.4. The average Bonchev–Trinajstić information content (AvgIpc) is 3.04. The molecule has 2 aromatic carbocycles. The molecule has 2 rings (SSSR count). The number of benzene rings is 2. The lowest BCUT2D eigenvalue weighted by Gasteiger charge is -2.43. The smallest absolute Gasteiger partial charge is 0.261 e. The first kappa shape index (κ1) is 39.2. The van der Waals surface area contributed by atoms with E-state index in [1.807, 2.05) is 0 Å². The number of Topliss-reactive ketones (excluding diaryl/α,β-unsaturated/α-hetero) is 1. The fourth-order valence-corrected chi connectivity index (χ4v) is 11.2. The van der Waals surface area contributed by atoms with Gasteiger partial charge in [0.1, 0.15) is 5.78 Å². The van der Waals surface area contributed by atoms with Crippen LogP contribution in [0.15, 0.2) is 72.8 Å². The normalized spacial score (nSPS) is 12.3. The van der Waals surface area contributed by atoms with Gasteiger partial charge in [0.15, 0.2) is 0 Å². The first-order chi connectivity index (χ1) is 21.9. The first-order valence-corrected chi connectivity index (χ1v) is 20.7. The Balaban J connectivity index is 1.49. The zero-order chi connectivity index (χ0) is 32.5. The first-order valence-electron chi connectivity index (χ1n) is 18.8. The molecule has 0 radical (unpaired) electrons. The summed E-state index contributed by atoms with van der Waals surface area (Å²) in [4.78, 5) is 12.3. The molecule has 0 amide bonds. The Morgan fingerprint density at radius 1 is 0.578 bits per heavy atom. The maximum atomic E-state index is 12.3. The Hall–Kier alpha value is -1.97. The molecule has 0 heterocycles. The van der Waals surface area contributed by atoms with Gasteiger partial charge in [0.05, 0.1) is 0 Å². The van der Waals surface area contributed by atoms with Crippen LogP contribution in [0.2, 0.25) is 5.04 Å². The van der Waals surface area contributed by atoms with Crippen molar-refractivity contribution in [3.8, 4) is 0 Å². The maximum absolute atomic E-state index is 12.3. The molecule has 0 fully saturated rings. The summed E-state index contributed by atoms with van der Waals surface area (Å²) in [6.45, 7) is 10.1. The maximum Gasteiger partial charge on any atom is 0.261 e. The summed E-state index contributed by atoms with van der Waals surface area (Å²) in [6, 6.07) is 21.9. The molecule has 0 N–H and O–H groups in total. The highest BCUT2D eigenvalue weighted by Gasteiger charge is 2.49. The van der Waals surface area contributed by atoms with E-state index in [0.29, 0.717) is 5.78 Å². The third-order valence-corrected chi connectivity index (χ3v) is 14.3. The van der Waals surface area contributed by atoms with Crippen molar-refractivity contribution >= 4 is 24.5 Å². The molecular weight excluding hydrogens is 565 g/mol. The van der Waals surface area contributed by atoms with Crippen molar-refractivity contribution in [2.75, 3.05) is 6.61 Å². The standard InChI is InChI=1S/C42H68O2Si/c1-5-6-7-8-9-10-11-12-13-14-15-16-17-20-25-32-39(43)33-26-21-18-19-22-31-38-44-45(42(2,3)4,40-34-27-23-28-35-40)41-36-29-24-30-37-41/h11-12,23-24,27-30,34-37H,5-10,13-22,25-26,31-33,38H2,1-4H3/b12-11-. The summed E-state index contributed by atoms with van der Waals surface area (Å²) in [7, 11) is -2.42. The minimum absolute atomic E-state index is 0.0342. The van der Waals surface area contributed by atoms with E-state index < -0.39 is 8.32 Å². The average molecular weight is 633 g/mol. The SMILES string of the molecule is CCCCCCC/C=C\CCCCCCCCC(=O)CCCCCCCCO[Si](c1ccccc1)(c1ccccc1)C(C)(C)C. The Kier molecular flexibility index (Phi) is 21.1. The Morgan fingerprint density at radius 2 is 0.978 bits per heavy atom. The van der Waals surface area contributed by atoms with E-state index in [2.05, 4.69) is 101 Å². The van der Waals surface area contributed by atoms with E-state index >= 15 is 0 Å². The predicted octanol–water partition coefficient (Wildman–Crippen LogP) is 11.9. The van der Waals surface area contributed by atoms with E-state index in [-0.39, 0.29) is 5.04 Å². The van der Waals surface area contributed by atoms with Gasteiger partial charge in [-0.1, -0.05) is 178 Å². The fourth-order valence-electron chi connectivity index (χ4n) is 6.64. The minimum Gasteiger partial charge on any atom is -0.407 e. The van der Waals surface area contributed by atoms with Gasteiger partial charge in [-0.3, -0.25) is 4.79 Å². The van der Waals surface area contributed by atoms with Gasteiger partial charge in [0.25, 0.3) is 8.32 Å². The lowest BCUT2D eigenvalue weighted by Crippen LogP contribution is -2.66. The number of unbranched alkanes of at least 4 members (excludes halogenated alkanes) is 16. The molecule has 2 nitrogen and oxygen atoms in total. The molecule has 0 saturated carbocycles. The van der Waals surface area contributed by atoms with Crippen LogP contribution in [0.5, 0.6) is 0 Å². The van der Waals surface area contributed by atoms with Gasteiger partial charge < -0.3 is 4.43 Å². The number of carbonyl (C=O) groups excluding carboxylic acids is 1. The van der Waals surface area contributed by atoms with Crippen molar-refractivity contribution in [1.82, 2.24) is 0 Å². The van der Waals surface area contributed by atoms with Gasteiger partial charge in [-0.2, -0.15) is 0 Å². The largest absolute Gasteiger partial charge is 0.407 e. The van der Waals surface area contributed by atoms with Crippen LogP contribution in [0.3, 0.4) is 0 Å². The Labute approximate surface area is 280 Å². The molecule has 2 aromatic rings. The molecule has 0 spiro atoms. The number of hydrogen-bond donors (Lipinski definition) is 0. The molecule has 0 aliphatic carbocycles. The third-order valence-electron chi connectivity index (χ3n) is 9.30. The molecule has 0 atom stereocenters. The molecule has 45 heavy (non-hydrogen) atoms. The van der Waals surface area contributed by atoms with Crippen molar-refractivity contribution in [1.29, 1.82) is 0 Å². The number of allylic oxidation sites excluding steroid dienone is 2. The lowest BCUT2D eigenvalue weighted by atomic mass is 10.0. The molecule has 252 valence electrons. The molecule has 0 saturated heterocycles. The second-order valence-corrected chi connectivity index (χ2v) is 18.6. The number of rotatable bonds is 27. The molecular formula is C42H68O2Si. The topological polar surface area (TPSA) is 26.3 Å². The van der Waals surface area contributed by atoms with E-state index in [0.717, 1.165) is 38.7 Å². The quantitative estimate of drug-likeness (QED) is 0.0556. The van der Waals surface area contributed by atoms with Crippen LogP contribution >= 0.6 is 0 Å². The Bertz CT molecular complexity index is 968. The van der Waals surface area contributed by atoms with Crippen LogP contribution in [0.1, 0.15) is 163 Å². The third kappa shape index (κ3) is 15.9. The van der Waals surface area contributed by atoms with Gasteiger partial charge in [0.2, 0.25) is 0 Å². The van der Waals surface area contributed by atoms with Crippen molar-refractivity contribution in [3.05, 3.63) is 72.8 Å². The molecule has 0 unspecified atom stereocenters. The second-order valence-electron chi connectivity index (χ2n) is 14.3. The zero-order valence-electron chi connectivity index (χ0n) is 29.8. The van der Waals surface area contributed by atoms with E-state index in [9.17, 15) is 4.79 Å². The predicted molar refractivity (Wildman–Crippen MR) is 200 cm³/mol. The second kappa shape index (κ2) is 24.2. The fraction of sp³-hybridized carbons (Fsp3) is 0.643. The summed E-state index contributed by atoms with van der Waals surface area (Å²) >= 11 is 0. The highest BCUT2D eigenvalue weighted by Crippen LogP contribution is 2.36. The van der Waals surface area contributed by atoms with Crippen LogP contribution < -0.4 is 10.4 Å². The monoisotopic (exact) mass is 632 g/mol. The number of hydrogen-bond acceptors (Lipinski definition) is 2. The minimum atomic E-state index is -2.42. The van der Waals surface area contributed by atoms with Gasteiger partial charge in [0, 0.05) is 19.4 Å². The summed E-state index contributed by atoms with van der Waals surface area (Å²) in [5.41, 5.74) is 0. The van der Waals surface area contributed by atoms with Crippen LogP contribution in [-0.4, -0.2) is 20.7 Å². The zero-order valence-corrected chi connectivity index (χ0v) is 30.8. The molecule has 3 heteroatoms. The number of carbonyl (C=O) groups is 1. The molecule has 0 bridgehead atoms. The summed E-state index contributed by atoms with van der Waals surface area (Å²) < 4.78 is 7.02. The lowest BCUT2D eigenvalue weighted by molar-refractivity contribution is -0.119. The van der Waals surface area contributed by atoms with Crippen LogP contribution in [0.25, 0.3) is 0 Å². The van der Waals surface area contributed by atoms with Gasteiger partial charge in [-0.15, -0.1) is 0 Å². The summed E-state index contributed by atoms with van der Waals surface area (Å²) in [5, 5.41) is 2.75. The van der Waals surface area contributed by atoms with Gasteiger partial charge in [-0.05, 0) is 60.4 Å². The van der Waals surface area contributed by atoms with Gasteiger partial charge >= 0.3 is 0 Å². The summed E-state index contributed by atoms with van der Waals surface area (Å²) in [6.07, 6.45) is 30.3. The Morgan fingerprint density at radius 3 is 1.42 bits per heavy atom. The van der Waals surface area contributed by atoms with Crippen molar-refractivity contribution in [2.45, 2.75) is 168 Å². The van der Waals surface area contributed by atoms with Crippen LogP contribution in [0, 0.1) is 0 Å². The molecule has 0 aliphatic rings. The molecule has 0 aliphatic heterocycles. The number of ketones is 1. The highest BCUT2D eigenvalue weighted by molar-refractivity contribution is 6.99.